The third-order valence-corrected chi connectivity index (χ3v) is 3.09. The first-order valence-corrected chi connectivity index (χ1v) is 5.02. The molecule has 2 heteroatoms. The molecular formula is C11H13ClO. The van der Waals surface area contributed by atoms with Crippen molar-refractivity contribution in [2.75, 3.05) is 7.11 Å². The number of hydrogen-bond donors (Lipinski definition) is 0. The van der Waals surface area contributed by atoms with Crippen LogP contribution in [-0.2, 0) is 0 Å². The standard InChI is InChI=1S/C11H13ClO/c1-13-9-5-6-11(12)10(7-9)8-3-2-4-8/h5-8H,2-4H2,1H3. The summed E-state index contributed by atoms with van der Waals surface area (Å²) in [6, 6.07) is 5.89. The van der Waals surface area contributed by atoms with Crippen molar-refractivity contribution in [3.8, 4) is 5.75 Å². The fourth-order valence-corrected chi connectivity index (χ4v) is 1.95. The molecule has 0 amide bonds. The zero-order valence-electron chi connectivity index (χ0n) is 7.72. The maximum atomic E-state index is 6.11. The quantitative estimate of drug-likeness (QED) is 0.702. The summed E-state index contributed by atoms with van der Waals surface area (Å²) in [7, 11) is 1.69. The molecule has 13 heavy (non-hydrogen) atoms. The molecule has 70 valence electrons. The Kier molecular flexibility index (Phi) is 2.45. The highest BCUT2D eigenvalue weighted by Gasteiger charge is 2.21. The minimum Gasteiger partial charge on any atom is -0.497 e. The molecule has 1 aliphatic rings. The van der Waals surface area contributed by atoms with Gasteiger partial charge in [-0.3, -0.25) is 0 Å². The van der Waals surface area contributed by atoms with Gasteiger partial charge in [0.2, 0.25) is 0 Å². The number of halogens is 1. The van der Waals surface area contributed by atoms with Gasteiger partial charge in [0, 0.05) is 5.02 Å². The van der Waals surface area contributed by atoms with Crippen molar-refractivity contribution in [2.24, 2.45) is 0 Å². The topological polar surface area (TPSA) is 9.23 Å². The fraction of sp³-hybridized carbons (Fsp3) is 0.455. The van der Waals surface area contributed by atoms with E-state index < -0.39 is 0 Å². The molecule has 1 saturated carbocycles. The molecule has 1 aromatic carbocycles. The van der Waals surface area contributed by atoms with Crippen molar-refractivity contribution in [3.63, 3.8) is 0 Å². The Labute approximate surface area is 83.7 Å². The summed E-state index contributed by atoms with van der Waals surface area (Å²) >= 11 is 6.11. The average molecular weight is 197 g/mol. The van der Waals surface area contributed by atoms with Crippen LogP contribution in [0.4, 0.5) is 0 Å². The average Bonchev–Trinajstić information content (AvgIpc) is 2.06. The molecule has 1 aliphatic carbocycles. The summed E-state index contributed by atoms with van der Waals surface area (Å²) in [5.74, 6) is 1.58. The highest BCUT2D eigenvalue weighted by molar-refractivity contribution is 6.31. The summed E-state index contributed by atoms with van der Waals surface area (Å²) in [5.41, 5.74) is 1.26. The molecule has 1 nitrogen and oxygen atoms in total. The van der Waals surface area contributed by atoms with Crippen LogP contribution in [0.1, 0.15) is 30.7 Å². The van der Waals surface area contributed by atoms with E-state index in [9.17, 15) is 0 Å². The van der Waals surface area contributed by atoms with Crippen molar-refractivity contribution in [2.45, 2.75) is 25.2 Å². The molecule has 1 aromatic rings. The molecule has 0 unspecified atom stereocenters. The van der Waals surface area contributed by atoms with Crippen LogP contribution in [0.15, 0.2) is 18.2 Å². The number of benzene rings is 1. The van der Waals surface area contributed by atoms with Crippen LogP contribution in [0, 0.1) is 0 Å². The number of hydrogen-bond acceptors (Lipinski definition) is 1. The summed E-state index contributed by atoms with van der Waals surface area (Å²) in [6.07, 6.45) is 3.87. The Morgan fingerprint density at radius 3 is 2.69 bits per heavy atom. The van der Waals surface area contributed by atoms with E-state index in [4.69, 9.17) is 16.3 Å². The Hall–Kier alpha value is -0.690. The van der Waals surface area contributed by atoms with Crippen molar-refractivity contribution in [1.82, 2.24) is 0 Å². The van der Waals surface area contributed by atoms with Crippen LogP contribution in [0.3, 0.4) is 0 Å². The first kappa shape index (κ1) is 8.89. The second kappa shape index (κ2) is 3.59. The maximum absolute atomic E-state index is 6.11. The summed E-state index contributed by atoms with van der Waals surface area (Å²) < 4.78 is 5.17. The van der Waals surface area contributed by atoms with E-state index in [1.807, 2.05) is 12.1 Å². The first-order valence-electron chi connectivity index (χ1n) is 4.64. The Morgan fingerprint density at radius 1 is 1.38 bits per heavy atom. The molecule has 0 aliphatic heterocycles. The van der Waals surface area contributed by atoms with Gasteiger partial charge in [0.05, 0.1) is 7.11 Å². The van der Waals surface area contributed by atoms with Gasteiger partial charge in [0.1, 0.15) is 5.75 Å². The summed E-state index contributed by atoms with van der Waals surface area (Å²) in [4.78, 5) is 0. The predicted molar refractivity (Wildman–Crippen MR) is 54.6 cm³/mol. The Morgan fingerprint density at radius 2 is 2.15 bits per heavy atom. The van der Waals surface area contributed by atoms with E-state index >= 15 is 0 Å². The predicted octanol–water partition coefficient (Wildman–Crippen LogP) is 3.62. The van der Waals surface area contributed by atoms with Gasteiger partial charge in [-0.05, 0) is 42.5 Å². The maximum Gasteiger partial charge on any atom is 0.119 e. The van der Waals surface area contributed by atoms with Crippen molar-refractivity contribution in [1.29, 1.82) is 0 Å². The van der Waals surface area contributed by atoms with Crippen molar-refractivity contribution >= 4 is 11.6 Å². The molecule has 2 rings (SSSR count). The van der Waals surface area contributed by atoms with Gasteiger partial charge in [-0.15, -0.1) is 0 Å². The summed E-state index contributed by atoms with van der Waals surface area (Å²) in [6.45, 7) is 0. The zero-order chi connectivity index (χ0) is 9.26. The Balaban J connectivity index is 2.30. The van der Waals surface area contributed by atoms with Crippen molar-refractivity contribution < 1.29 is 4.74 Å². The second-order valence-electron chi connectivity index (χ2n) is 3.52. The molecule has 0 bridgehead atoms. The lowest BCUT2D eigenvalue weighted by Gasteiger charge is -2.26. The highest BCUT2D eigenvalue weighted by atomic mass is 35.5. The highest BCUT2D eigenvalue weighted by Crippen LogP contribution is 2.40. The van der Waals surface area contributed by atoms with Gasteiger partial charge in [-0.2, -0.15) is 0 Å². The fourth-order valence-electron chi connectivity index (χ4n) is 1.68. The van der Waals surface area contributed by atoms with E-state index in [-0.39, 0.29) is 0 Å². The molecule has 0 radical (unpaired) electrons. The van der Waals surface area contributed by atoms with Crippen LogP contribution in [0.5, 0.6) is 5.75 Å². The van der Waals surface area contributed by atoms with E-state index in [1.54, 1.807) is 7.11 Å². The molecule has 0 aromatic heterocycles. The molecule has 0 atom stereocenters. The van der Waals surface area contributed by atoms with E-state index in [0.717, 1.165) is 10.8 Å². The van der Waals surface area contributed by atoms with Crippen molar-refractivity contribution in [3.05, 3.63) is 28.8 Å². The molecule has 0 saturated heterocycles. The van der Waals surface area contributed by atoms with E-state index in [1.165, 1.54) is 24.8 Å². The lowest BCUT2D eigenvalue weighted by atomic mass is 9.80. The first-order chi connectivity index (χ1) is 6.31. The third-order valence-electron chi connectivity index (χ3n) is 2.75. The smallest absolute Gasteiger partial charge is 0.119 e. The van der Waals surface area contributed by atoms with Crippen LogP contribution in [0.2, 0.25) is 5.02 Å². The number of rotatable bonds is 2. The van der Waals surface area contributed by atoms with Gasteiger partial charge in [-0.1, -0.05) is 18.0 Å². The molecule has 1 fully saturated rings. The lowest BCUT2D eigenvalue weighted by Crippen LogP contribution is -2.09. The van der Waals surface area contributed by atoms with Gasteiger partial charge >= 0.3 is 0 Å². The SMILES string of the molecule is COc1ccc(Cl)c(C2CCC2)c1. The van der Waals surface area contributed by atoms with Gasteiger partial charge in [0.15, 0.2) is 0 Å². The minimum absolute atomic E-state index is 0.669. The minimum atomic E-state index is 0.669. The monoisotopic (exact) mass is 196 g/mol. The van der Waals surface area contributed by atoms with Gasteiger partial charge < -0.3 is 4.74 Å². The van der Waals surface area contributed by atoms with Crippen LogP contribution in [-0.4, -0.2) is 7.11 Å². The molecule has 0 heterocycles. The van der Waals surface area contributed by atoms with Gasteiger partial charge in [-0.25, -0.2) is 0 Å². The number of ether oxygens (including phenoxy) is 1. The number of methoxy groups -OCH3 is 1. The third kappa shape index (κ3) is 1.66. The van der Waals surface area contributed by atoms with Crippen LogP contribution >= 0.6 is 11.6 Å². The second-order valence-corrected chi connectivity index (χ2v) is 3.92. The molecule has 0 spiro atoms. The largest absolute Gasteiger partial charge is 0.497 e. The lowest BCUT2D eigenvalue weighted by molar-refractivity contribution is 0.402. The normalized spacial score (nSPS) is 16.8. The Bertz CT molecular complexity index is 305. The van der Waals surface area contributed by atoms with Crippen LogP contribution < -0.4 is 4.74 Å². The van der Waals surface area contributed by atoms with Gasteiger partial charge in [0.25, 0.3) is 0 Å². The van der Waals surface area contributed by atoms with Crippen LogP contribution in [0.25, 0.3) is 0 Å². The molecule has 0 N–H and O–H groups in total. The summed E-state index contributed by atoms with van der Waals surface area (Å²) in [5, 5.41) is 0.880. The van der Waals surface area contributed by atoms with E-state index in [2.05, 4.69) is 6.07 Å². The van der Waals surface area contributed by atoms with E-state index in [0.29, 0.717) is 5.92 Å². The molecular weight excluding hydrogens is 184 g/mol. The zero-order valence-corrected chi connectivity index (χ0v) is 8.47.